The number of halogens is 1. The van der Waals surface area contributed by atoms with Crippen LogP contribution >= 0.6 is 23.1 Å². The smallest absolute Gasteiger partial charge is 0.210 e. The maximum absolute atomic E-state index is 13.0. The van der Waals surface area contributed by atoms with Gasteiger partial charge in [0.25, 0.3) is 0 Å². The van der Waals surface area contributed by atoms with Crippen LogP contribution in [0.5, 0.6) is 5.75 Å². The molecule has 1 atom stereocenters. The van der Waals surface area contributed by atoms with Crippen molar-refractivity contribution in [1.29, 1.82) is 0 Å². The van der Waals surface area contributed by atoms with E-state index in [1.807, 2.05) is 24.3 Å². The molecule has 3 aromatic rings. The van der Waals surface area contributed by atoms with E-state index in [1.54, 1.807) is 14.0 Å². The van der Waals surface area contributed by atoms with Gasteiger partial charge in [0.05, 0.1) is 18.0 Å². The van der Waals surface area contributed by atoms with E-state index in [0.717, 1.165) is 5.69 Å². The van der Waals surface area contributed by atoms with E-state index in [9.17, 15) is 9.18 Å². The number of nitrogens with one attached hydrogen (secondary N) is 1. The van der Waals surface area contributed by atoms with Crippen LogP contribution in [0.15, 0.2) is 52.9 Å². The number of methoxy groups -OCH3 is 1. The van der Waals surface area contributed by atoms with Crippen LogP contribution in [0.3, 0.4) is 0 Å². The van der Waals surface area contributed by atoms with E-state index in [4.69, 9.17) is 4.74 Å². The number of carbonyl (C=O) groups excluding carboxylic acids is 1. The first-order valence-electron chi connectivity index (χ1n) is 7.77. The third kappa shape index (κ3) is 4.39. The average molecular weight is 389 g/mol. The first-order valence-corrected chi connectivity index (χ1v) is 9.46. The van der Waals surface area contributed by atoms with E-state index < -0.39 is 0 Å². The van der Waals surface area contributed by atoms with Crippen LogP contribution in [0.25, 0.3) is 0 Å². The Bertz CT molecular complexity index is 899. The fourth-order valence-corrected chi connectivity index (χ4v) is 4.21. The van der Waals surface area contributed by atoms with Gasteiger partial charge in [-0.1, -0.05) is 35.2 Å². The number of ether oxygens (including phenoxy) is 1. The highest BCUT2D eigenvalue weighted by Gasteiger charge is 2.19. The molecule has 26 heavy (non-hydrogen) atoms. The zero-order valence-electron chi connectivity index (χ0n) is 14.1. The number of benzene rings is 2. The van der Waals surface area contributed by atoms with Crippen molar-refractivity contribution in [3.63, 3.8) is 0 Å². The fourth-order valence-electron chi connectivity index (χ4n) is 2.22. The summed E-state index contributed by atoms with van der Waals surface area (Å²) in [5.41, 5.74) is 1.27. The Morgan fingerprint density at radius 3 is 2.65 bits per heavy atom. The lowest BCUT2D eigenvalue weighted by molar-refractivity contribution is 0.0994. The summed E-state index contributed by atoms with van der Waals surface area (Å²) >= 11 is 2.67. The Morgan fingerprint density at radius 2 is 1.92 bits per heavy atom. The molecular formula is C18H16FN3O2S2. The highest BCUT2D eigenvalue weighted by molar-refractivity contribution is 8.02. The van der Waals surface area contributed by atoms with Crippen molar-refractivity contribution in [3.05, 3.63) is 59.9 Å². The summed E-state index contributed by atoms with van der Waals surface area (Å²) < 4.78 is 19.0. The number of para-hydroxylation sites is 2. The summed E-state index contributed by atoms with van der Waals surface area (Å²) in [5.74, 6) is 0.263. The second-order valence-corrected chi connectivity index (χ2v) is 7.90. The standard InChI is InChI=1S/C18H16FN3O2S2/c1-11(16(23)12-7-9-13(19)10-8-12)25-18-22-21-17(26-18)20-14-5-3-4-6-15(14)24-2/h3-11H,1-2H3,(H,20,21)/t11-/m1/s1. The lowest BCUT2D eigenvalue weighted by Crippen LogP contribution is -2.13. The van der Waals surface area contributed by atoms with Crippen LogP contribution in [-0.4, -0.2) is 28.3 Å². The number of hydrogen-bond donors (Lipinski definition) is 1. The molecule has 0 bridgehead atoms. The molecule has 2 aromatic carbocycles. The highest BCUT2D eigenvalue weighted by atomic mass is 32.2. The van der Waals surface area contributed by atoms with Crippen molar-refractivity contribution in [2.24, 2.45) is 0 Å². The summed E-state index contributed by atoms with van der Waals surface area (Å²) in [5, 5.41) is 11.6. The van der Waals surface area contributed by atoms with Crippen LogP contribution in [-0.2, 0) is 0 Å². The minimum absolute atomic E-state index is 0.0792. The van der Waals surface area contributed by atoms with Gasteiger partial charge in [0.1, 0.15) is 11.6 Å². The van der Waals surface area contributed by atoms with E-state index >= 15 is 0 Å². The molecule has 5 nitrogen and oxygen atoms in total. The number of thioether (sulfide) groups is 1. The zero-order valence-corrected chi connectivity index (χ0v) is 15.7. The van der Waals surface area contributed by atoms with Crippen LogP contribution in [0, 0.1) is 5.82 Å². The average Bonchev–Trinajstić information content (AvgIpc) is 3.09. The van der Waals surface area contributed by atoms with Gasteiger partial charge in [0.15, 0.2) is 10.1 Å². The quantitative estimate of drug-likeness (QED) is 0.463. The second-order valence-electron chi connectivity index (χ2n) is 5.33. The first kappa shape index (κ1) is 18.3. The molecule has 0 saturated carbocycles. The van der Waals surface area contributed by atoms with Gasteiger partial charge in [-0.3, -0.25) is 4.79 Å². The molecule has 0 aliphatic rings. The van der Waals surface area contributed by atoms with Crippen LogP contribution in [0.2, 0.25) is 0 Å². The van der Waals surface area contributed by atoms with Gasteiger partial charge in [0.2, 0.25) is 5.13 Å². The third-order valence-electron chi connectivity index (χ3n) is 3.53. The van der Waals surface area contributed by atoms with Crippen molar-refractivity contribution >= 4 is 39.7 Å². The lowest BCUT2D eigenvalue weighted by atomic mass is 10.1. The molecule has 134 valence electrons. The van der Waals surface area contributed by atoms with E-state index in [1.165, 1.54) is 47.4 Å². The van der Waals surface area contributed by atoms with Gasteiger partial charge in [-0.15, -0.1) is 10.2 Å². The summed E-state index contributed by atoms with van der Waals surface area (Å²) in [6.07, 6.45) is 0. The van der Waals surface area contributed by atoms with Gasteiger partial charge in [-0.2, -0.15) is 0 Å². The molecule has 0 aliphatic heterocycles. The van der Waals surface area contributed by atoms with E-state index in [0.29, 0.717) is 20.8 Å². The topological polar surface area (TPSA) is 64.1 Å². The number of hydrogen-bond acceptors (Lipinski definition) is 7. The molecule has 8 heteroatoms. The van der Waals surface area contributed by atoms with Gasteiger partial charge in [0, 0.05) is 5.56 Å². The SMILES string of the molecule is COc1ccccc1Nc1nnc(S[C@H](C)C(=O)c2ccc(F)cc2)s1. The van der Waals surface area contributed by atoms with Crippen molar-refractivity contribution in [2.45, 2.75) is 16.5 Å². The number of carbonyl (C=O) groups is 1. The molecule has 0 unspecified atom stereocenters. The number of nitrogens with zero attached hydrogens (tertiary/aromatic N) is 2. The van der Waals surface area contributed by atoms with Crippen molar-refractivity contribution in [1.82, 2.24) is 10.2 Å². The Labute approximate surface area is 158 Å². The van der Waals surface area contributed by atoms with Crippen molar-refractivity contribution < 1.29 is 13.9 Å². The predicted molar refractivity (Wildman–Crippen MR) is 102 cm³/mol. The molecule has 0 radical (unpaired) electrons. The zero-order chi connectivity index (χ0) is 18.5. The fraction of sp³-hybridized carbons (Fsp3) is 0.167. The largest absolute Gasteiger partial charge is 0.495 e. The van der Waals surface area contributed by atoms with Crippen LogP contribution in [0.1, 0.15) is 17.3 Å². The van der Waals surface area contributed by atoms with E-state index in [2.05, 4.69) is 15.5 Å². The molecule has 0 amide bonds. The van der Waals surface area contributed by atoms with Gasteiger partial charge < -0.3 is 10.1 Å². The first-order chi connectivity index (χ1) is 12.6. The van der Waals surface area contributed by atoms with Crippen molar-refractivity contribution in [2.75, 3.05) is 12.4 Å². The lowest BCUT2D eigenvalue weighted by Gasteiger charge is -2.08. The number of Topliss-reactive ketones (excluding diaryl/α,β-unsaturated/α-hetero) is 1. The molecular weight excluding hydrogens is 373 g/mol. The molecule has 1 aromatic heterocycles. The van der Waals surface area contributed by atoms with Gasteiger partial charge in [-0.25, -0.2) is 4.39 Å². The molecule has 3 rings (SSSR count). The number of aromatic nitrogens is 2. The van der Waals surface area contributed by atoms with Gasteiger partial charge in [-0.05, 0) is 43.3 Å². The minimum atomic E-state index is -0.363. The predicted octanol–water partition coefficient (Wildman–Crippen LogP) is 4.79. The Morgan fingerprint density at radius 1 is 1.19 bits per heavy atom. The maximum atomic E-state index is 13.0. The van der Waals surface area contributed by atoms with E-state index in [-0.39, 0.29) is 16.9 Å². The Hall–Kier alpha value is -2.45. The molecule has 0 fully saturated rings. The second kappa shape index (κ2) is 8.29. The summed E-state index contributed by atoms with van der Waals surface area (Å²) in [6, 6.07) is 13.1. The molecule has 1 heterocycles. The third-order valence-corrected chi connectivity index (χ3v) is 5.55. The number of anilines is 2. The summed E-state index contributed by atoms with van der Waals surface area (Å²) in [6.45, 7) is 1.80. The maximum Gasteiger partial charge on any atom is 0.210 e. The Balaban J connectivity index is 1.66. The molecule has 0 aliphatic carbocycles. The summed E-state index contributed by atoms with van der Waals surface area (Å²) in [4.78, 5) is 12.4. The van der Waals surface area contributed by atoms with Crippen LogP contribution in [0.4, 0.5) is 15.2 Å². The minimum Gasteiger partial charge on any atom is -0.495 e. The monoisotopic (exact) mass is 389 g/mol. The number of ketones is 1. The normalized spacial score (nSPS) is 11.8. The molecule has 0 saturated heterocycles. The Kier molecular flexibility index (Phi) is 5.85. The number of rotatable bonds is 7. The van der Waals surface area contributed by atoms with Gasteiger partial charge >= 0.3 is 0 Å². The summed E-state index contributed by atoms with van der Waals surface area (Å²) in [7, 11) is 1.60. The van der Waals surface area contributed by atoms with Crippen LogP contribution < -0.4 is 10.1 Å². The highest BCUT2D eigenvalue weighted by Crippen LogP contribution is 2.33. The molecule has 0 spiro atoms. The van der Waals surface area contributed by atoms with Crippen molar-refractivity contribution in [3.8, 4) is 5.75 Å². The molecule has 1 N–H and O–H groups in total.